The van der Waals surface area contributed by atoms with Crippen molar-refractivity contribution in [1.29, 1.82) is 0 Å². The molecule has 0 aromatic heterocycles. The van der Waals surface area contributed by atoms with Gasteiger partial charge in [-0.25, -0.2) is 0 Å². The van der Waals surface area contributed by atoms with E-state index in [9.17, 15) is 4.79 Å². The Labute approximate surface area is 132 Å². The number of piperidine rings is 1. The fraction of sp³-hybridized carbons (Fsp3) is 0.588. The molecule has 1 aromatic carbocycles. The first kappa shape index (κ1) is 16.3. The molecule has 1 saturated heterocycles. The average Bonchev–Trinajstić information content (AvgIpc) is 2.46. The Hall–Kier alpha value is -1.06. The van der Waals surface area contributed by atoms with Crippen LogP contribution in [0.4, 0.5) is 0 Å². The number of carbonyl (C=O) groups is 1. The molecule has 1 aliphatic rings. The maximum atomic E-state index is 11.9. The molecular formula is C17H25ClN2O. The standard InChI is InChI=1S/C17H25ClN2O/c1-20-12-3-2-7-16(20)8-9-17(21)19-11-10-14-5-4-6-15(18)13-14/h4-6,13,16H,2-3,7-12H2,1H3,(H,19,21)/t16-/m1/s1. The summed E-state index contributed by atoms with van der Waals surface area (Å²) in [4.78, 5) is 14.3. The summed E-state index contributed by atoms with van der Waals surface area (Å²) in [6.45, 7) is 1.85. The molecule has 0 radical (unpaired) electrons. The topological polar surface area (TPSA) is 32.3 Å². The summed E-state index contributed by atoms with van der Waals surface area (Å²) in [7, 11) is 2.17. The fourth-order valence-electron chi connectivity index (χ4n) is 2.93. The summed E-state index contributed by atoms with van der Waals surface area (Å²) in [5.41, 5.74) is 1.16. The number of hydrogen-bond acceptors (Lipinski definition) is 2. The van der Waals surface area contributed by atoms with Crippen molar-refractivity contribution in [3.63, 3.8) is 0 Å². The van der Waals surface area contributed by atoms with Crippen molar-refractivity contribution in [3.05, 3.63) is 34.9 Å². The monoisotopic (exact) mass is 308 g/mol. The minimum atomic E-state index is 0.163. The summed E-state index contributed by atoms with van der Waals surface area (Å²) in [6, 6.07) is 8.38. The molecule has 0 aliphatic carbocycles. The molecule has 1 amide bonds. The molecule has 1 fully saturated rings. The van der Waals surface area contributed by atoms with E-state index in [4.69, 9.17) is 11.6 Å². The van der Waals surface area contributed by atoms with Crippen LogP contribution in [0.3, 0.4) is 0 Å². The van der Waals surface area contributed by atoms with Gasteiger partial charge in [0.2, 0.25) is 5.91 Å². The van der Waals surface area contributed by atoms with E-state index in [0.717, 1.165) is 23.4 Å². The maximum Gasteiger partial charge on any atom is 0.220 e. The van der Waals surface area contributed by atoms with Crippen molar-refractivity contribution in [2.45, 2.75) is 44.6 Å². The number of nitrogens with one attached hydrogen (secondary N) is 1. The Morgan fingerprint density at radius 2 is 2.29 bits per heavy atom. The Bertz CT molecular complexity index is 464. The van der Waals surface area contributed by atoms with Crippen LogP contribution in [0.25, 0.3) is 0 Å². The molecular weight excluding hydrogens is 284 g/mol. The van der Waals surface area contributed by atoms with Crippen molar-refractivity contribution in [2.24, 2.45) is 0 Å². The van der Waals surface area contributed by atoms with E-state index in [1.807, 2.05) is 24.3 Å². The molecule has 2 rings (SSSR count). The summed E-state index contributed by atoms with van der Waals surface area (Å²) in [6.07, 6.45) is 6.25. The molecule has 1 aromatic rings. The highest BCUT2D eigenvalue weighted by atomic mass is 35.5. The van der Waals surface area contributed by atoms with Crippen molar-refractivity contribution < 1.29 is 4.79 Å². The minimum Gasteiger partial charge on any atom is -0.356 e. The van der Waals surface area contributed by atoms with E-state index in [2.05, 4.69) is 17.3 Å². The second kappa shape index (κ2) is 8.40. The van der Waals surface area contributed by atoms with Crippen LogP contribution >= 0.6 is 11.6 Å². The zero-order chi connectivity index (χ0) is 15.1. The van der Waals surface area contributed by atoms with Gasteiger partial charge in [-0.15, -0.1) is 0 Å². The minimum absolute atomic E-state index is 0.163. The Morgan fingerprint density at radius 1 is 1.43 bits per heavy atom. The number of amides is 1. The number of halogens is 1. The van der Waals surface area contributed by atoms with Gasteiger partial charge >= 0.3 is 0 Å². The van der Waals surface area contributed by atoms with Crippen LogP contribution in [-0.2, 0) is 11.2 Å². The predicted octanol–water partition coefficient (Wildman–Crippen LogP) is 3.26. The van der Waals surface area contributed by atoms with E-state index in [0.29, 0.717) is 19.0 Å². The first-order chi connectivity index (χ1) is 10.1. The largest absolute Gasteiger partial charge is 0.356 e. The number of hydrogen-bond donors (Lipinski definition) is 1. The van der Waals surface area contributed by atoms with E-state index in [1.165, 1.54) is 25.8 Å². The Morgan fingerprint density at radius 3 is 3.05 bits per heavy atom. The van der Waals surface area contributed by atoms with E-state index < -0.39 is 0 Å². The lowest BCUT2D eigenvalue weighted by atomic mass is 9.98. The normalized spacial score (nSPS) is 19.4. The van der Waals surface area contributed by atoms with Crippen LogP contribution in [0.2, 0.25) is 5.02 Å². The molecule has 1 atom stereocenters. The third-order valence-electron chi connectivity index (χ3n) is 4.25. The number of benzene rings is 1. The zero-order valence-electron chi connectivity index (χ0n) is 12.8. The van der Waals surface area contributed by atoms with Crippen LogP contribution in [0.1, 0.15) is 37.7 Å². The number of likely N-dealkylation sites (tertiary alicyclic amines) is 1. The molecule has 1 heterocycles. The van der Waals surface area contributed by atoms with Gasteiger partial charge in [-0.1, -0.05) is 30.2 Å². The van der Waals surface area contributed by atoms with E-state index in [-0.39, 0.29) is 5.91 Å². The van der Waals surface area contributed by atoms with Crippen LogP contribution < -0.4 is 5.32 Å². The van der Waals surface area contributed by atoms with Gasteiger partial charge in [0.05, 0.1) is 0 Å². The van der Waals surface area contributed by atoms with Gasteiger partial charge in [0.25, 0.3) is 0 Å². The second-order valence-electron chi connectivity index (χ2n) is 5.90. The van der Waals surface area contributed by atoms with E-state index >= 15 is 0 Å². The maximum absolute atomic E-state index is 11.9. The van der Waals surface area contributed by atoms with Crippen LogP contribution in [0, 0.1) is 0 Å². The molecule has 1 aliphatic heterocycles. The number of carbonyl (C=O) groups excluding carboxylic acids is 1. The SMILES string of the molecule is CN1CCCC[C@@H]1CCC(=O)NCCc1cccc(Cl)c1. The van der Waals surface area contributed by atoms with Gasteiger partial charge in [-0.2, -0.15) is 0 Å². The lowest BCUT2D eigenvalue weighted by Crippen LogP contribution is -2.37. The highest BCUT2D eigenvalue weighted by Gasteiger charge is 2.19. The molecule has 116 valence electrons. The van der Waals surface area contributed by atoms with Crippen LogP contribution in [0.5, 0.6) is 0 Å². The lowest BCUT2D eigenvalue weighted by Gasteiger charge is -2.32. The van der Waals surface area contributed by atoms with Crippen LogP contribution in [0.15, 0.2) is 24.3 Å². The van der Waals surface area contributed by atoms with Crippen LogP contribution in [-0.4, -0.2) is 37.0 Å². The third-order valence-corrected chi connectivity index (χ3v) is 4.49. The molecule has 4 heteroatoms. The Kier molecular flexibility index (Phi) is 6.52. The summed E-state index contributed by atoms with van der Waals surface area (Å²) < 4.78 is 0. The van der Waals surface area contributed by atoms with Crippen molar-refractivity contribution in [1.82, 2.24) is 10.2 Å². The molecule has 0 spiro atoms. The highest BCUT2D eigenvalue weighted by molar-refractivity contribution is 6.30. The summed E-state index contributed by atoms with van der Waals surface area (Å²) in [5.74, 6) is 0.163. The first-order valence-corrected chi connectivity index (χ1v) is 8.24. The van der Waals surface area contributed by atoms with Gasteiger partial charge < -0.3 is 10.2 Å². The van der Waals surface area contributed by atoms with Crippen molar-refractivity contribution in [2.75, 3.05) is 20.1 Å². The average molecular weight is 309 g/mol. The fourth-order valence-corrected chi connectivity index (χ4v) is 3.15. The molecule has 0 unspecified atom stereocenters. The second-order valence-corrected chi connectivity index (χ2v) is 6.34. The van der Waals surface area contributed by atoms with Gasteiger partial charge in [0, 0.05) is 24.0 Å². The van der Waals surface area contributed by atoms with E-state index in [1.54, 1.807) is 0 Å². The quantitative estimate of drug-likeness (QED) is 0.875. The summed E-state index contributed by atoms with van der Waals surface area (Å²) in [5, 5.41) is 3.75. The number of nitrogens with zero attached hydrogens (tertiary/aromatic N) is 1. The first-order valence-electron chi connectivity index (χ1n) is 7.86. The van der Waals surface area contributed by atoms with Crippen molar-refractivity contribution in [3.8, 4) is 0 Å². The van der Waals surface area contributed by atoms with Gasteiger partial charge in [0.15, 0.2) is 0 Å². The van der Waals surface area contributed by atoms with Gasteiger partial charge in [0.1, 0.15) is 0 Å². The van der Waals surface area contributed by atoms with Crippen molar-refractivity contribution >= 4 is 17.5 Å². The zero-order valence-corrected chi connectivity index (χ0v) is 13.5. The lowest BCUT2D eigenvalue weighted by molar-refractivity contribution is -0.121. The summed E-state index contributed by atoms with van der Waals surface area (Å²) >= 11 is 5.94. The van der Waals surface area contributed by atoms with Gasteiger partial charge in [-0.3, -0.25) is 4.79 Å². The smallest absolute Gasteiger partial charge is 0.220 e. The third kappa shape index (κ3) is 5.68. The molecule has 21 heavy (non-hydrogen) atoms. The number of rotatable bonds is 6. The highest BCUT2D eigenvalue weighted by Crippen LogP contribution is 2.18. The molecule has 1 N–H and O–H groups in total. The predicted molar refractivity (Wildman–Crippen MR) is 87.7 cm³/mol. The Balaban J connectivity index is 1.63. The molecule has 3 nitrogen and oxygen atoms in total. The van der Waals surface area contributed by atoms with Gasteiger partial charge in [-0.05, 0) is 57.0 Å². The molecule has 0 saturated carbocycles. The molecule has 0 bridgehead atoms.